The molecular weight excluding hydrogens is 288 g/mol. The summed E-state index contributed by atoms with van der Waals surface area (Å²) in [6.07, 6.45) is 4.27. The molecule has 0 bridgehead atoms. The van der Waals surface area contributed by atoms with Crippen molar-refractivity contribution in [2.45, 2.75) is 31.1 Å². The molecule has 1 aliphatic carbocycles. The first kappa shape index (κ1) is 14.6. The molecule has 0 atom stereocenters. The number of halogens is 2. The number of rotatable bonds is 5. The summed E-state index contributed by atoms with van der Waals surface area (Å²) in [6.45, 7) is 3.15. The Bertz CT molecular complexity index is 717. The maximum Gasteiger partial charge on any atom is 0.291 e. The summed E-state index contributed by atoms with van der Waals surface area (Å²) in [7, 11) is 0. The van der Waals surface area contributed by atoms with Crippen LogP contribution in [0.15, 0.2) is 41.3 Å². The van der Waals surface area contributed by atoms with Gasteiger partial charge in [-0.2, -0.15) is 8.78 Å². The van der Waals surface area contributed by atoms with Gasteiger partial charge in [-0.1, -0.05) is 25.1 Å². The number of benzene rings is 1. The molecule has 1 saturated carbocycles. The van der Waals surface area contributed by atoms with Crippen molar-refractivity contribution in [3.63, 3.8) is 0 Å². The zero-order chi connectivity index (χ0) is 15.7. The summed E-state index contributed by atoms with van der Waals surface area (Å²) in [5, 5.41) is 0. The summed E-state index contributed by atoms with van der Waals surface area (Å²) in [5.41, 5.74) is 0.504. The highest BCUT2D eigenvalue weighted by Gasteiger charge is 2.30. The first-order chi connectivity index (χ1) is 10.5. The minimum absolute atomic E-state index is 0.184. The van der Waals surface area contributed by atoms with E-state index in [2.05, 4.69) is 11.6 Å². The van der Waals surface area contributed by atoms with Crippen molar-refractivity contribution >= 4 is 6.29 Å². The van der Waals surface area contributed by atoms with Crippen molar-refractivity contribution in [1.82, 2.24) is 4.98 Å². The second-order valence-electron chi connectivity index (χ2n) is 5.42. The molecule has 1 aromatic heterocycles. The van der Waals surface area contributed by atoms with E-state index in [1.807, 2.05) is 0 Å². The lowest BCUT2D eigenvalue weighted by Gasteiger charge is -2.22. The molecule has 3 nitrogen and oxygen atoms in total. The fourth-order valence-corrected chi connectivity index (χ4v) is 2.49. The molecule has 2 aromatic rings. The van der Waals surface area contributed by atoms with Crippen LogP contribution < -0.4 is 0 Å². The third-order valence-corrected chi connectivity index (χ3v) is 4.02. The average molecular weight is 303 g/mol. The highest BCUT2D eigenvalue weighted by atomic mass is 19.3. The maximum atomic E-state index is 13.7. The molecule has 0 amide bonds. The summed E-state index contributed by atoms with van der Waals surface area (Å²) in [6, 6.07) is 5.78. The highest BCUT2D eigenvalue weighted by molar-refractivity contribution is 5.75. The van der Waals surface area contributed by atoms with Crippen molar-refractivity contribution in [3.8, 4) is 11.5 Å². The van der Waals surface area contributed by atoms with Crippen LogP contribution in [0, 0.1) is 0 Å². The third kappa shape index (κ3) is 2.47. The van der Waals surface area contributed by atoms with Crippen LogP contribution in [0.4, 0.5) is 8.78 Å². The van der Waals surface area contributed by atoms with Gasteiger partial charge >= 0.3 is 0 Å². The number of carbonyl (C=O) groups is 1. The van der Waals surface area contributed by atoms with Gasteiger partial charge in [0.2, 0.25) is 5.89 Å². The minimum Gasteiger partial charge on any atom is -0.440 e. The van der Waals surface area contributed by atoms with E-state index in [1.54, 1.807) is 6.07 Å². The van der Waals surface area contributed by atoms with Crippen LogP contribution in [0.3, 0.4) is 0 Å². The van der Waals surface area contributed by atoms with Crippen LogP contribution in [0.5, 0.6) is 0 Å². The molecule has 0 saturated heterocycles. The molecule has 3 rings (SSSR count). The fraction of sp³-hybridized carbons (Fsp3) is 0.294. The second-order valence-corrected chi connectivity index (χ2v) is 5.42. The van der Waals surface area contributed by atoms with E-state index in [0.29, 0.717) is 23.7 Å². The average Bonchev–Trinajstić information content (AvgIpc) is 2.89. The summed E-state index contributed by atoms with van der Waals surface area (Å²) in [4.78, 5) is 15.3. The number of nitrogens with zero attached hydrogens (tertiary/aromatic N) is 1. The molecule has 0 aliphatic heterocycles. The third-order valence-electron chi connectivity index (χ3n) is 4.02. The minimum atomic E-state index is -3.12. The molecular formula is C17H15F2NO2. The van der Waals surface area contributed by atoms with E-state index < -0.39 is 5.92 Å². The molecule has 1 fully saturated rings. The van der Waals surface area contributed by atoms with Gasteiger partial charge in [0.15, 0.2) is 6.29 Å². The van der Waals surface area contributed by atoms with Gasteiger partial charge in [0.1, 0.15) is 11.5 Å². The van der Waals surface area contributed by atoms with Crippen molar-refractivity contribution in [3.05, 3.63) is 53.9 Å². The number of alkyl halides is 2. The highest BCUT2D eigenvalue weighted by Crippen LogP contribution is 2.40. The van der Waals surface area contributed by atoms with Crippen LogP contribution in [-0.4, -0.2) is 11.3 Å². The molecule has 0 unspecified atom stereocenters. The number of oxazole rings is 1. The zero-order valence-electron chi connectivity index (χ0n) is 11.9. The summed E-state index contributed by atoms with van der Waals surface area (Å²) < 4.78 is 33.1. The van der Waals surface area contributed by atoms with E-state index in [0.717, 1.165) is 19.3 Å². The largest absolute Gasteiger partial charge is 0.440 e. The van der Waals surface area contributed by atoms with E-state index >= 15 is 0 Å². The van der Waals surface area contributed by atoms with E-state index in [-0.39, 0.29) is 23.1 Å². The Kier molecular flexibility index (Phi) is 3.64. The maximum absolute atomic E-state index is 13.7. The van der Waals surface area contributed by atoms with E-state index in [9.17, 15) is 13.6 Å². The summed E-state index contributed by atoms with van der Waals surface area (Å²) in [5.74, 6) is -2.14. The molecule has 1 heterocycles. The Morgan fingerprint density at radius 1 is 1.36 bits per heavy atom. The van der Waals surface area contributed by atoms with Crippen LogP contribution in [0.25, 0.3) is 11.5 Å². The van der Waals surface area contributed by atoms with Gasteiger partial charge in [-0.3, -0.25) is 4.79 Å². The molecule has 114 valence electrons. The van der Waals surface area contributed by atoms with Crippen molar-refractivity contribution < 1.29 is 18.0 Å². The Labute approximate surface area is 126 Å². The molecule has 0 radical (unpaired) electrons. The zero-order valence-corrected chi connectivity index (χ0v) is 11.9. The number of hydrogen-bond acceptors (Lipinski definition) is 3. The molecule has 1 aromatic carbocycles. The van der Waals surface area contributed by atoms with Gasteiger partial charge in [-0.15, -0.1) is 0 Å². The standard InChI is InChI=1S/C17H15F2NO2/c1-2-17(18,19)13-8-4-7-12(9-13)16-20-14(10-21)15(22-16)11-5-3-6-11/h2,4,7-11H,1,3,5-6H2. The van der Waals surface area contributed by atoms with Crippen LogP contribution in [0.1, 0.15) is 47.0 Å². The Morgan fingerprint density at radius 3 is 2.73 bits per heavy atom. The predicted octanol–water partition coefficient (Wildman–Crippen LogP) is 4.70. The van der Waals surface area contributed by atoms with Crippen LogP contribution in [-0.2, 0) is 5.92 Å². The van der Waals surface area contributed by atoms with E-state index in [4.69, 9.17) is 4.42 Å². The quantitative estimate of drug-likeness (QED) is 0.594. The van der Waals surface area contributed by atoms with Gasteiger partial charge in [0.05, 0.1) is 0 Å². The number of aromatic nitrogens is 1. The molecule has 0 spiro atoms. The predicted molar refractivity (Wildman–Crippen MR) is 78.0 cm³/mol. The monoisotopic (exact) mass is 303 g/mol. The Balaban J connectivity index is 2.01. The van der Waals surface area contributed by atoms with Crippen LogP contribution in [0.2, 0.25) is 0 Å². The van der Waals surface area contributed by atoms with Crippen molar-refractivity contribution in [1.29, 1.82) is 0 Å². The number of hydrogen-bond donors (Lipinski definition) is 0. The molecule has 0 N–H and O–H groups in total. The van der Waals surface area contributed by atoms with Crippen LogP contribution >= 0.6 is 0 Å². The lowest BCUT2D eigenvalue weighted by Crippen LogP contribution is -2.09. The van der Waals surface area contributed by atoms with E-state index in [1.165, 1.54) is 18.2 Å². The normalized spacial score (nSPS) is 15.4. The second kappa shape index (κ2) is 5.48. The van der Waals surface area contributed by atoms with Gasteiger partial charge < -0.3 is 4.42 Å². The van der Waals surface area contributed by atoms with Gasteiger partial charge in [0.25, 0.3) is 5.92 Å². The molecule has 1 aliphatic rings. The first-order valence-corrected chi connectivity index (χ1v) is 7.13. The Hall–Kier alpha value is -2.30. The van der Waals surface area contributed by atoms with Gasteiger partial charge in [-0.05, 0) is 31.1 Å². The number of allylic oxidation sites excluding steroid dienone is 1. The van der Waals surface area contributed by atoms with Crippen molar-refractivity contribution in [2.75, 3.05) is 0 Å². The smallest absolute Gasteiger partial charge is 0.291 e. The van der Waals surface area contributed by atoms with Gasteiger partial charge in [-0.25, -0.2) is 4.98 Å². The fourth-order valence-electron chi connectivity index (χ4n) is 2.49. The lowest BCUT2D eigenvalue weighted by molar-refractivity contribution is 0.0526. The Morgan fingerprint density at radius 2 is 2.14 bits per heavy atom. The lowest BCUT2D eigenvalue weighted by atomic mass is 9.83. The van der Waals surface area contributed by atoms with Gasteiger partial charge in [0, 0.05) is 17.0 Å². The first-order valence-electron chi connectivity index (χ1n) is 7.13. The van der Waals surface area contributed by atoms with Crippen molar-refractivity contribution in [2.24, 2.45) is 0 Å². The number of aldehydes is 1. The topological polar surface area (TPSA) is 43.1 Å². The number of carbonyl (C=O) groups excluding carboxylic acids is 1. The summed E-state index contributed by atoms with van der Waals surface area (Å²) >= 11 is 0. The molecule has 5 heteroatoms. The SMILES string of the molecule is C=CC(F)(F)c1cccc(-c2nc(C=O)c(C3CCC3)o2)c1. The molecule has 22 heavy (non-hydrogen) atoms.